The number of rotatable bonds is 6. The van der Waals surface area contributed by atoms with Gasteiger partial charge < -0.3 is 19.5 Å². The first-order valence-corrected chi connectivity index (χ1v) is 8.04. The van der Waals surface area contributed by atoms with E-state index in [2.05, 4.69) is 10.1 Å². The third-order valence-corrected chi connectivity index (χ3v) is 3.61. The molecule has 3 atom stereocenters. The minimum atomic E-state index is -0.572. The summed E-state index contributed by atoms with van der Waals surface area (Å²) < 4.78 is 15.6. The Kier molecular flexibility index (Phi) is 5.83. The highest BCUT2D eigenvalue weighted by Gasteiger charge is 2.47. The van der Waals surface area contributed by atoms with E-state index in [-0.39, 0.29) is 30.6 Å². The molecular weight excluding hydrogens is 310 g/mol. The van der Waals surface area contributed by atoms with Gasteiger partial charge in [0.05, 0.1) is 25.7 Å². The van der Waals surface area contributed by atoms with Crippen molar-refractivity contribution < 1.29 is 23.8 Å². The Hall–Kier alpha value is -2.08. The normalized spacial score (nSPS) is 20.8. The molecule has 0 unspecified atom stereocenters. The lowest BCUT2D eigenvalue weighted by molar-refractivity contribution is -0.140. The molecule has 1 saturated heterocycles. The van der Waals surface area contributed by atoms with E-state index >= 15 is 0 Å². The third-order valence-electron chi connectivity index (χ3n) is 3.61. The van der Waals surface area contributed by atoms with E-state index in [4.69, 9.17) is 9.47 Å². The molecule has 1 aliphatic heterocycles. The lowest BCUT2D eigenvalue weighted by Crippen LogP contribution is -2.43. The summed E-state index contributed by atoms with van der Waals surface area (Å²) in [5.41, 5.74) is 0.503. The van der Waals surface area contributed by atoms with Crippen molar-refractivity contribution in [1.29, 1.82) is 0 Å². The van der Waals surface area contributed by atoms with Gasteiger partial charge in [-0.3, -0.25) is 4.79 Å². The van der Waals surface area contributed by atoms with Crippen molar-refractivity contribution in [2.24, 2.45) is 0 Å². The highest BCUT2D eigenvalue weighted by molar-refractivity contribution is 5.70. The molecule has 0 saturated carbocycles. The van der Waals surface area contributed by atoms with Crippen LogP contribution in [0.5, 0.6) is 0 Å². The number of esters is 1. The zero-order valence-corrected chi connectivity index (χ0v) is 14.6. The second-order valence-electron chi connectivity index (χ2n) is 6.86. The molecule has 1 heterocycles. The topological polar surface area (TPSA) is 77.2 Å². The molecule has 6 nitrogen and oxygen atoms in total. The number of ether oxygens (including phenoxy) is 3. The number of carbonyl (C=O) groups is 2. The fraction of sp³-hybridized carbons (Fsp3) is 0.556. The molecule has 132 valence electrons. The molecule has 24 heavy (non-hydrogen) atoms. The van der Waals surface area contributed by atoms with E-state index in [1.54, 1.807) is 0 Å². The molecule has 0 aromatic heterocycles. The molecule has 0 spiro atoms. The van der Waals surface area contributed by atoms with Gasteiger partial charge in [-0.2, -0.15) is 0 Å². The van der Waals surface area contributed by atoms with E-state index in [1.165, 1.54) is 7.11 Å². The number of amides is 1. The van der Waals surface area contributed by atoms with Gasteiger partial charge in [0.15, 0.2) is 0 Å². The fourth-order valence-electron chi connectivity index (χ4n) is 2.50. The van der Waals surface area contributed by atoms with Crippen molar-refractivity contribution in [3.63, 3.8) is 0 Å². The van der Waals surface area contributed by atoms with E-state index in [1.807, 2.05) is 51.1 Å². The first-order valence-electron chi connectivity index (χ1n) is 8.04. The van der Waals surface area contributed by atoms with Crippen molar-refractivity contribution in [1.82, 2.24) is 5.32 Å². The van der Waals surface area contributed by atoms with Crippen molar-refractivity contribution in [2.45, 2.75) is 57.5 Å². The zero-order valence-electron chi connectivity index (χ0n) is 14.6. The maximum atomic E-state index is 12.1. The monoisotopic (exact) mass is 335 g/mol. The van der Waals surface area contributed by atoms with Gasteiger partial charge in [0.1, 0.15) is 11.7 Å². The summed E-state index contributed by atoms with van der Waals surface area (Å²) in [6.07, 6.45) is -0.168. The molecule has 1 aromatic rings. The highest BCUT2D eigenvalue weighted by Crippen LogP contribution is 2.30. The van der Waals surface area contributed by atoms with Crippen molar-refractivity contribution >= 4 is 12.1 Å². The quantitative estimate of drug-likeness (QED) is 0.638. The van der Waals surface area contributed by atoms with E-state index in [0.29, 0.717) is 6.42 Å². The second kappa shape index (κ2) is 7.66. The van der Waals surface area contributed by atoms with Crippen LogP contribution in [-0.2, 0) is 25.4 Å². The summed E-state index contributed by atoms with van der Waals surface area (Å²) in [6.45, 7) is 5.44. The van der Waals surface area contributed by atoms with Crippen LogP contribution in [0.3, 0.4) is 0 Å². The Morgan fingerprint density at radius 2 is 1.92 bits per heavy atom. The average Bonchev–Trinajstić information content (AvgIpc) is 3.24. The van der Waals surface area contributed by atoms with Crippen molar-refractivity contribution in [3.05, 3.63) is 35.9 Å². The van der Waals surface area contributed by atoms with E-state index in [0.717, 1.165) is 5.56 Å². The average molecular weight is 335 g/mol. The smallest absolute Gasteiger partial charge is 0.407 e. The number of methoxy groups -OCH3 is 1. The molecule has 1 aromatic carbocycles. The maximum absolute atomic E-state index is 12.1. The van der Waals surface area contributed by atoms with Gasteiger partial charge in [0.25, 0.3) is 0 Å². The Morgan fingerprint density at radius 3 is 2.50 bits per heavy atom. The van der Waals surface area contributed by atoms with Gasteiger partial charge in [0.2, 0.25) is 0 Å². The molecule has 1 amide bonds. The number of carbonyl (C=O) groups excluding carboxylic acids is 2. The molecule has 0 radical (unpaired) electrons. The minimum absolute atomic E-state index is 0.183. The SMILES string of the molecule is COC(=O)C[C@H]1O[C@@H]1[C@H](Cc1ccccc1)NC(=O)OC(C)(C)C. The van der Waals surface area contributed by atoms with Gasteiger partial charge in [-0.15, -0.1) is 0 Å². The fourth-order valence-corrected chi connectivity index (χ4v) is 2.50. The largest absolute Gasteiger partial charge is 0.469 e. The van der Waals surface area contributed by atoms with Gasteiger partial charge in [0, 0.05) is 0 Å². The summed E-state index contributed by atoms with van der Waals surface area (Å²) >= 11 is 0. The van der Waals surface area contributed by atoms with Gasteiger partial charge in [-0.25, -0.2) is 4.79 Å². The van der Waals surface area contributed by atoms with Crippen LogP contribution in [0.25, 0.3) is 0 Å². The Labute approximate surface area is 142 Å². The predicted molar refractivity (Wildman–Crippen MR) is 88.6 cm³/mol. The molecule has 2 rings (SSSR count). The lowest BCUT2D eigenvalue weighted by atomic mass is 10.0. The molecule has 1 aliphatic rings. The zero-order chi connectivity index (χ0) is 17.7. The van der Waals surface area contributed by atoms with Gasteiger partial charge in [-0.05, 0) is 32.8 Å². The maximum Gasteiger partial charge on any atom is 0.407 e. The summed E-state index contributed by atoms with van der Waals surface area (Å²) in [4.78, 5) is 23.5. The van der Waals surface area contributed by atoms with E-state index < -0.39 is 11.7 Å². The van der Waals surface area contributed by atoms with Crippen molar-refractivity contribution in [3.8, 4) is 0 Å². The van der Waals surface area contributed by atoms with Crippen LogP contribution >= 0.6 is 0 Å². The highest BCUT2D eigenvalue weighted by atomic mass is 16.6. The summed E-state index contributed by atoms with van der Waals surface area (Å²) in [6, 6.07) is 9.53. The van der Waals surface area contributed by atoms with Gasteiger partial charge >= 0.3 is 12.1 Å². The van der Waals surface area contributed by atoms with Crippen LogP contribution in [0.2, 0.25) is 0 Å². The first kappa shape index (κ1) is 18.3. The van der Waals surface area contributed by atoms with Crippen LogP contribution in [0, 0.1) is 0 Å². The molecule has 1 N–H and O–H groups in total. The molecular formula is C18H25NO5. The predicted octanol–water partition coefficient (Wildman–Crippen LogP) is 2.45. The number of alkyl carbamates (subject to hydrolysis) is 1. The lowest BCUT2D eigenvalue weighted by Gasteiger charge is -2.23. The van der Waals surface area contributed by atoms with Crippen LogP contribution in [0.4, 0.5) is 4.79 Å². The number of nitrogens with one attached hydrogen (secondary N) is 1. The van der Waals surface area contributed by atoms with Crippen LogP contribution in [0.15, 0.2) is 30.3 Å². The third kappa shape index (κ3) is 5.85. The standard InChI is InChI=1S/C18H25NO5/c1-18(2,3)24-17(21)19-13(10-12-8-6-5-7-9-12)16-14(23-16)11-15(20)22-4/h5-9,13-14,16H,10-11H2,1-4H3,(H,19,21)/t13-,14+,16+/m0/s1. The number of epoxide rings is 1. The van der Waals surface area contributed by atoms with Crippen LogP contribution in [0.1, 0.15) is 32.8 Å². The van der Waals surface area contributed by atoms with Crippen LogP contribution in [-0.4, -0.2) is 43.0 Å². The number of hydrogen-bond donors (Lipinski definition) is 1. The van der Waals surface area contributed by atoms with Crippen LogP contribution < -0.4 is 5.32 Å². The molecule has 0 aliphatic carbocycles. The van der Waals surface area contributed by atoms with Gasteiger partial charge in [-0.1, -0.05) is 30.3 Å². The second-order valence-corrected chi connectivity index (χ2v) is 6.86. The summed E-state index contributed by atoms with van der Waals surface area (Å²) in [5, 5.41) is 2.87. The number of benzene rings is 1. The molecule has 1 fully saturated rings. The Balaban J connectivity index is 2.00. The summed E-state index contributed by atoms with van der Waals surface area (Å²) in [7, 11) is 1.35. The van der Waals surface area contributed by atoms with E-state index in [9.17, 15) is 9.59 Å². The minimum Gasteiger partial charge on any atom is -0.469 e. The first-order chi connectivity index (χ1) is 11.3. The van der Waals surface area contributed by atoms with Crippen molar-refractivity contribution in [2.75, 3.05) is 7.11 Å². The summed E-state index contributed by atoms with van der Waals surface area (Å²) in [5.74, 6) is -0.321. The number of hydrogen-bond acceptors (Lipinski definition) is 5. The molecule has 0 bridgehead atoms. The molecule has 6 heteroatoms. The Bertz CT molecular complexity index is 567. The Morgan fingerprint density at radius 1 is 1.25 bits per heavy atom.